The van der Waals surface area contributed by atoms with Crippen molar-refractivity contribution >= 4 is 42.9 Å². The zero-order valence-corrected chi connectivity index (χ0v) is 22.3. The van der Waals surface area contributed by atoms with Crippen molar-refractivity contribution in [1.82, 2.24) is 5.32 Å². The summed E-state index contributed by atoms with van der Waals surface area (Å²) in [5, 5.41) is 31.8. The monoisotopic (exact) mass is 565 g/mol. The van der Waals surface area contributed by atoms with Crippen LogP contribution in [0.3, 0.4) is 0 Å². The second-order valence-corrected chi connectivity index (χ2v) is 9.10. The minimum absolute atomic E-state index is 0.000544. The number of rotatable bonds is 15. The number of ether oxygens (including phenoxy) is 2. The number of nitrogens with one attached hydrogen (secondary N) is 1. The summed E-state index contributed by atoms with van der Waals surface area (Å²) in [6.07, 6.45) is -1.18. The molecular weight excluding hydrogens is 533 g/mol. The standard InChI is InChI=1S/C25H32BNO13/c1-4-14(5-2)22(34)37-13-38-23(35)16-9-7-8-15(21(16)33)10-17(27-18(28)6-3)26-39-24(36)25(40-26,11-19(29)30)12-20(31)32/h7-9,14,17,33H,4-6,10-13H2,1-3H3,(H,27,28)(H,29,30)(H,31,32)/t17-/m0/s1. The van der Waals surface area contributed by atoms with Gasteiger partial charge in [0.05, 0.1) is 24.7 Å². The number of carboxylic acid groups (broad SMARTS) is 2. The normalized spacial score (nSPS) is 14.8. The largest absolute Gasteiger partial charge is 0.552 e. The minimum atomic E-state index is -2.34. The molecule has 0 unspecified atom stereocenters. The van der Waals surface area contributed by atoms with E-state index in [-0.39, 0.29) is 29.9 Å². The van der Waals surface area contributed by atoms with Gasteiger partial charge in [-0.25, -0.2) is 4.79 Å². The molecule has 1 aliphatic rings. The molecule has 0 aromatic heterocycles. The summed E-state index contributed by atoms with van der Waals surface area (Å²) >= 11 is 0. The highest BCUT2D eigenvalue weighted by Crippen LogP contribution is 2.33. The SMILES string of the molecule is CCC(=O)N[C@@H](Cc1cccc(C(=O)OCOC(=O)C(CC)CC)c1O)B1OC(=O)C(CC(=O)O)(CC(=O)O)O1. The number of para-hydroxylation sites is 1. The van der Waals surface area contributed by atoms with Crippen molar-refractivity contribution in [2.45, 2.75) is 70.8 Å². The first kappa shape index (κ1) is 32.1. The number of aliphatic carboxylic acids is 2. The summed E-state index contributed by atoms with van der Waals surface area (Å²) in [6.45, 7) is 4.50. The average Bonchev–Trinajstić information content (AvgIpc) is 3.19. The quantitative estimate of drug-likeness (QED) is 0.134. The summed E-state index contributed by atoms with van der Waals surface area (Å²) < 4.78 is 20.6. The van der Waals surface area contributed by atoms with Crippen LogP contribution in [0.4, 0.5) is 0 Å². The smallest absolute Gasteiger partial charge is 0.507 e. The minimum Gasteiger partial charge on any atom is -0.507 e. The van der Waals surface area contributed by atoms with Crippen LogP contribution in [0.25, 0.3) is 0 Å². The van der Waals surface area contributed by atoms with Gasteiger partial charge in [0.2, 0.25) is 12.7 Å². The second kappa shape index (κ2) is 14.3. The molecule has 1 heterocycles. The van der Waals surface area contributed by atoms with Crippen LogP contribution < -0.4 is 5.32 Å². The lowest BCUT2D eigenvalue weighted by atomic mass is 9.74. The second-order valence-electron chi connectivity index (χ2n) is 9.10. The van der Waals surface area contributed by atoms with Gasteiger partial charge < -0.3 is 39.4 Å². The molecule has 1 amide bonds. The highest BCUT2D eigenvalue weighted by atomic mass is 16.7. The third kappa shape index (κ3) is 8.18. The molecule has 0 radical (unpaired) electrons. The Kier molecular flexibility index (Phi) is 11.5. The molecule has 1 atom stereocenters. The van der Waals surface area contributed by atoms with E-state index in [2.05, 4.69) is 5.32 Å². The Balaban J connectivity index is 2.25. The molecule has 1 aromatic rings. The molecule has 1 aliphatic heterocycles. The van der Waals surface area contributed by atoms with Crippen LogP contribution in [0, 0.1) is 5.92 Å². The fraction of sp³-hybridized carbons (Fsp3) is 0.520. The summed E-state index contributed by atoms with van der Waals surface area (Å²) in [5.41, 5.74) is -2.54. The summed E-state index contributed by atoms with van der Waals surface area (Å²) in [5.74, 6) is -8.41. The van der Waals surface area contributed by atoms with Gasteiger partial charge in [-0.3, -0.25) is 24.0 Å². The number of carbonyl (C=O) groups is 6. The van der Waals surface area contributed by atoms with E-state index in [0.29, 0.717) is 12.8 Å². The van der Waals surface area contributed by atoms with Crippen LogP contribution in [-0.4, -0.2) is 76.5 Å². The topological polar surface area (TPSA) is 212 Å². The van der Waals surface area contributed by atoms with Crippen molar-refractivity contribution in [1.29, 1.82) is 0 Å². The molecular formula is C25H32BNO13. The molecule has 2 rings (SSSR count). The van der Waals surface area contributed by atoms with Gasteiger partial charge >= 0.3 is 37.0 Å². The van der Waals surface area contributed by atoms with E-state index in [1.54, 1.807) is 0 Å². The van der Waals surface area contributed by atoms with Gasteiger partial charge in [-0.1, -0.05) is 32.9 Å². The first-order chi connectivity index (χ1) is 18.9. The van der Waals surface area contributed by atoms with Gasteiger partial charge in [-0.05, 0) is 30.9 Å². The van der Waals surface area contributed by atoms with Crippen molar-refractivity contribution in [3.63, 3.8) is 0 Å². The van der Waals surface area contributed by atoms with Crippen molar-refractivity contribution in [2.75, 3.05) is 6.79 Å². The van der Waals surface area contributed by atoms with Crippen LogP contribution >= 0.6 is 0 Å². The number of esters is 2. The number of hydrogen-bond acceptors (Lipinski definition) is 11. The van der Waals surface area contributed by atoms with Gasteiger partial charge in [0.15, 0.2) is 5.60 Å². The van der Waals surface area contributed by atoms with Crippen LogP contribution in [0.15, 0.2) is 18.2 Å². The van der Waals surface area contributed by atoms with Crippen LogP contribution in [0.1, 0.15) is 68.8 Å². The third-order valence-electron chi connectivity index (χ3n) is 6.30. The van der Waals surface area contributed by atoms with E-state index in [4.69, 9.17) is 18.8 Å². The number of amides is 1. The number of hydrogen-bond donors (Lipinski definition) is 4. The number of carbonyl (C=O) groups excluding carboxylic acids is 4. The maximum atomic E-state index is 12.6. The van der Waals surface area contributed by atoms with Crippen molar-refractivity contribution in [2.24, 2.45) is 5.92 Å². The highest BCUT2D eigenvalue weighted by Gasteiger charge is 2.58. The Hall–Kier alpha value is -4.14. The van der Waals surface area contributed by atoms with E-state index in [0.717, 1.165) is 0 Å². The Morgan fingerprint density at radius 1 is 1.02 bits per heavy atom. The fourth-order valence-electron chi connectivity index (χ4n) is 4.09. The summed E-state index contributed by atoms with van der Waals surface area (Å²) in [7, 11) is -1.61. The van der Waals surface area contributed by atoms with Gasteiger partial charge in [0, 0.05) is 6.42 Å². The molecule has 218 valence electrons. The number of aromatic hydroxyl groups is 1. The number of benzene rings is 1. The predicted molar refractivity (Wildman–Crippen MR) is 135 cm³/mol. The van der Waals surface area contributed by atoms with Gasteiger partial charge in [-0.2, -0.15) is 0 Å². The molecule has 0 bridgehead atoms. The lowest BCUT2D eigenvalue weighted by molar-refractivity contribution is -0.158. The Morgan fingerprint density at radius 3 is 2.20 bits per heavy atom. The van der Waals surface area contributed by atoms with Crippen LogP contribution in [0.5, 0.6) is 5.75 Å². The zero-order chi connectivity index (χ0) is 30.0. The van der Waals surface area contributed by atoms with Crippen LogP contribution in [-0.2, 0) is 49.2 Å². The molecule has 0 saturated carbocycles. The van der Waals surface area contributed by atoms with Gasteiger partial charge in [-0.15, -0.1) is 0 Å². The number of phenols is 1. The molecule has 1 saturated heterocycles. The maximum Gasteiger partial charge on any atom is 0.552 e. The first-order valence-electron chi connectivity index (χ1n) is 12.6. The highest BCUT2D eigenvalue weighted by molar-refractivity contribution is 6.52. The molecule has 0 aliphatic carbocycles. The van der Waals surface area contributed by atoms with Crippen LogP contribution in [0.2, 0.25) is 0 Å². The Labute approximate surface area is 230 Å². The van der Waals surface area contributed by atoms with E-state index in [1.807, 2.05) is 13.8 Å². The molecule has 1 fully saturated rings. The van der Waals surface area contributed by atoms with Crippen molar-refractivity contribution in [3.8, 4) is 5.75 Å². The lowest BCUT2D eigenvalue weighted by Gasteiger charge is -2.23. The van der Waals surface area contributed by atoms with Crippen molar-refractivity contribution < 1.29 is 62.9 Å². The van der Waals surface area contributed by atoms with E-state index in [9.17, 15) is 44.1 Å². The molecule has 1 aromatic carbocycles. The van der Waals surface area contributed by atoms with Crippen molar-refractivity contribution in [3.05, 3.63) is 29.3 Å². The summed E-state index contributed by atoms with van der Waals surface area (Å²) in [4.78, 5) is 72.0. The Bertz CT molecular complexity index is 1120. The fourth-order valence-corrected chi connectivity index (χ4v) is 4.09. The number of phenolic OH excluding ortho intramolecular Hbond substituents is 1. The first-order valence-corrected chi connectivity index (χ1v) is 12.6. The predicted octanol–water partition coefficient (Wildman–Crippen LogP) is 1.21. The van der Waals surface area contributed by atoms with E-state index in [1.165, 1.54) is 25.1 Å². The van der Waals surface area contributed by atoms with Gasteiger partial charge in [0.25, 0.3) is 0 Å². The molecule has 15 heteroatoms. The maximum absolute atomic E-state index is 12.6. The van der Waals surface area contributed by atoms with E-state index < -0.39 is 79.8 Å². The Morgan fingerprint density at radius 2 is 1.65 bits per heavy atom. The molecule has 40 heavy (non-hydrogen) atoms. The molecule has 0 spiro atoms. The summed E-state index contributed by atoms with van der Waals surface area (Å²) in [6, 6.07) is 4.06. The van der Waals surface area contributed by atoms with Gasteiger partial charge in [0.1, 0.15) is 11.3 Å². The average molecular weight is 565 g/mol. The molecule has 14 nitrogen and oxygen atoms in total. The molecule has 4 N–H and O–H groups in total. The third-order valence-corrected chi connectivity index (χ3v) is 6.30. The lowest BCUT2D eigenvalue weighted by Crippen LogP contribution is -2.50. The van der Waals surface area contributed by atoms with E-state index >= 15 is 0 Å². The number of carboxylic acids is 2. The zero-order valence-electron chi connectivity index (χ0n) is 22.3.